The molecule has 1 atom stereocenters. The summed E-state index contributed by atoms with van der Waals surface area (Å²) in [4.78, 5) is 16.8. The number of piperazine rings is 1. The van der Waals surface area contributed by atoms with E-state index in [9.17, 15) is 13.2 Å². The van der Waals surface area contributed by atoms with Crippen molar-refractivity contribution in [2.45, 2.75) is 31.8 Å². The molecule has 3 rings (SSSR count). The number of benzene rings is 1. The first-order valence-electron chi connectivity index (χ1n) is 9.00. The maximum atomic E-state index is 12.8. The van der Waals surface area contributed by atoms with Gasteiger partial charge in [0, 0.05) is 43.3 Å². The quantitative estimate of drug-likeness (QED) is 0.733. The van der Waals surface area contributed by atoms with Gasteiger partial charge in [0.2, 0.25) is 15.9 Å². The molecular formula is C18H26ClN3O3S. The molecule has 2 aliphatic rings. The number of carbonyl (C=O) groups is 1. The summed E-state index contributed by atoms with van der Waals surface area (Å²) < 4.78 is 24.7. The first-order valence-corrected chi connectivity index (χ1v) is 11.2. The molecule has 1 aliphatic carbocycles. The molecule has 6 nitrogen and oxygen atoms in total. The predicted molar refractivity (Wildman–Crippen MR) is 103 cm³/mol. The zero-order valence-electron chi connectivity index (χ0n) is 15.3. The largest absolute Gasteiger partial charge is 0.339 e. The molecule has 1 aromatic carbocycles. The summed E-state index contributed by atoms with van der Waals surface area (Å²) in [5, 5.41) is 0.722. The van der Waals surface area contributed by atoms with Gasteiger partial charge in [-0.15, -0.1) is 0 Å². The smallest absolute Gasteiger partial charge is 0.236 e. The van der Waals surface area contributed by atoms with Crippen molar-refractivity contribution in [3.63, 3.8) is 0 Å². The van der Waals surface area contributed by atoms with E-state index in [2.05, 4.69) is 11.8 Å². The molecule has 0 N–H and O–H groups in total. The van der Waals surface area contributed by atoms with Crippen LogP contribution in [-0.2, 0) is 14.8 Å². The Morgan fingerprint density at radius 1 is 1.23 bits per heavy atom. The topological polar surface area (TPSA) is 60.9 Å². The predicted octanol–water partition coefficient (Wildman–Crippen LogP) is 1.97. The minimum Gasteiger partial charge on any atom is -0.339 e. The van der Waals surface area contributed by atoms with Gasteiger partial charge >= 0.3 is 0 Å². The number of hydrogen-bond acceptors (Lipinski definition) is 4. The normalized spacial score (nSPS) is 20.4. The lowest BCUT2D eigenvalue weighted by molar-refractivity contribution is -0.134. The van der Waals surface area contributed by atoms with E-state index in [1.807, 2.05) is 24.3 Å². The van der Waals surface area contributed by atoms with Gasteiger partial charge in [0.1, 0.15) is 0 Å². The summed E-state index contributed by atoms with van der Waals surface area (Å²) in [6, 6.07) is 8.25. The monoisotopic (exact) mass is 399 g/mol. The second-order valence-electron chi connectivity index (χ2n) is 7.14. The minimum absolute atomic E-state index is 0.0592. The van der Waals surface area contributed by atoms with Crippen molar-refractivity contribution in [3.8, 4) is 0 Å². The van der Waals surface area contributed by atoms with Crippen LogP contribution in [0, 0.1) is 0 Å². The number of nitrogens with zero attached hydrogens (tertiary/aromatic N) is 3. The highest BCUT2D eigenvalue weighted by Crippen LogP contribution is 2.36. The summed E-state index contributed by atoms with van der Waals surface area (Å²) in [6.07, 6.45) is 3.42. The summed E-state index contributed by atoms with van der Waals surface area (Å²) in [7, 11) is -3.19. The Labute approximate surface area is 160 Å². The molecule has 8 heteroatoms. The van der Waals surface area contributed by atoms with Gasteiger partial charge in [-0.05, 0) is 31.4 Å². The highest BCUT2D eigenvalue weighted by atomic mass is 35.5. The van der Waals surface area contributed by atoms with Crippen LogP contribution >= 0.6 is 11.6 Å². The Morgan fingerprint density at radius 3 is 2.38 bits per heavy atom. The first-order chi connectivity index (χ1) is 12.3. The van der Waals surface area contributed by atoms with Crippen molar-refractivity contribution >= 4 is 27.5 Å². The maximum Gasteiger partial charge on any atom is 0.236 e. The van der Waals surface area contributed by atoms with Crippen molar-refractivity contribution in [1.82, 2.24) is 14.1 Å². The highest BCUT2D eigenvalue weighted by molar-refractivity contribution is 7.88. The molecule has 0 unspecified atom stereocenters. The fourth-order valence-electron chi connectivity index (χ4n) is 3.51. The van der Waals surface area contributed by atoms with Crippen molar-refractivity contribution in [2.75, 3.05) is 39.0 Å². The summed E-state index contributed by atoms with van der Waals surface area (Å²) in [5.41, 5.74) is 1.04. The van der Waals surface area contributed by atoms with Crippen LogP contribution < -0.4 is 0 Å². The van der Waals surface area contributed by atoms with Crippen LogP contribution in [0.3, 0.4) is 0 Å². The zero-order valence-corrected chi connectivity index (χ0v) is 16.8. The Kier molecular flexibility index (Phi) is 5.91. The molecule has 0 bridgehead atoms. The van der Waals surface area contributed by atoms with E-state index in [0.29, 0.717) is 38.8 Å². The molecule has 1 aliphatic heterocycles. The standard InChI is InChI=1S/C18H26ClN3O3S/c1-14(16-5-3-4-6-17(16)19)22(15-7-8-15)13-18(23)20-9-11-21(12-10-20)26(2,24)25/h3-6,14-15H,7-13H2,1-2H3/t14-/m0/s1. The van der Waals surface area contributed by atoms with Gasteiger partial charge < -0.3 is 4.90 Å². The Morgan fingerprint density at radius 2 is 1.85 bits per heavy atom. The average Bonchev–Trinajstić information content (AvgIpc) is 3.43. The fourth-order valence-corrected chi connectivity index (χ4v) is 4.63. The highest BCUT2D eigenvalue weighted by Gasteiger charge is 2.36. The molecular weight excluding hydrogens is 374 g/mol. The van der Waals surface area contributed by atoms with E-state index in [1.165, 1.54) is 10.6 Å². The lowest BCUT2D eigenvalue weighted by Gasteiger charge is -2.36. The lowest BCUT2D eigenvalue weighted by atomic mass is 10.1. The van der Waals surface area contributed by atoms with Crippen LogP contribution in [0.25, 0.3) is 0 Å². The van der Waals surface area contributed by atoms with Gasteiger partial charge in [-0.25, -0.2) is 8.42 Å². The molecule has 0 radical (unpaired) electrons. The minimum atomic E-state index is -3.19. The van der Waals surface area contributed by atoms with E-state index in [-0.39, 0.29) is 11.9 Å². The second kappa shape index (κ2) is 7.84. The lowest BCUT2D eigenvalue weighted by Crippen LogP contribution is -2.52. The summed E-state index contributed by atoms with van der Waals surface area (Å²) in [6.45, 7) is 4.07. The Bertz CT molecular complexity index is 759. The Hall–Kier alpha value is -1.15. The van der Waals surface area contributed by atoms with Crippen molar-refractivity contribution in [3.05, 3.63) is 34.9 Å². The van der Waals surface area contributed by atoms with Gasteiger partial charge in [-0.2, -0.15) is 4.31 Å². The molecule has 0 aromatic heterocycles. The maximum absolute atomic E-state index is 12.8. The third kappa shape index (κ3) is 4.57. The van der Waals surface area contributed by atoms with Gasteiger partial charge in [-0.3, -0.25) is 9.69 Å². The molecule has 144 valence electrons. The molecule has 1 saturated carbocycles. The van der Waals surface area contributed by atoms with Crippen molar-refractivity contribution in [1.29, 1.82) is 0 Å². The number of hydrogen-bond donors (Lipinski definition) is 0. The van der Waals surface area contributed by atoms with Gasteiger partial charge in [0.25, 0.3) is 0 Å². The first kappa shape index (κ1) is 19.6. The van der Waals surface area contributed by atoms with Crippen LogP contribution in [0.5, 0.6) is 0 Å². The van der Waals surface area contributed by atoms with Gasteiger partial charge in [-0.1, -0.05) is 29.8 Å². The molecule has 1 heterocycles. The number of carbonyl (C=O) groups excluding carboxylic acids is 1. The SMILES string of the molecule is C[C@@H](c1ccccc1Cl)N(CC(=O)N1CCN(S(C)(=O)=O)CC1)C1CC1. The summed E-state index contributed by atoms with van der Waals surface area (Å²) >= 11 is 6.35. The van der Waals surface area contributed by atoms with Gasteiger partial charge in [0.15, 0.2) is 0 Å². The average molecular weight is 400 g/mol. The molecule has 0 spiro atoms. The van der Waals surface area contributed by atoms with E-state index >= 15 is 0 Å². The molecule has 2 fully saturated rings. The van der Waals surface area contributed by atoms with Crippen molar-refractivity contribution in [2.24, 2.45) is 0 Å². The third-order valence-electron chi connectivity index (χ3n) is 5.25. The van der Waals surface area contributed by atoms with E-state index in [0.717, 1.165) is 23.4 Å². The van der Waals surface area contributed by atoms with Crippen LogP contribution in [0.4, 0.5) is 0 Å². The van der Waals surface area contributed by atoms with Crippen LogP contribution in [0.15, 0.2) is 24.3 Å². The summed E-state index contributed by atoms with van der Waals surface area (Å²) in [5.74, 6) is 0.0592. The van der Waals surface area contributed by atoms with E-state index in [1.54, 1.807) is 4.90 Å². The third-order valence-corrected chi connectivity index (χ3v) is 6.89. The van der Waals surface area contributed by atoms with Crippen LogP contribution in [0.2, 0.25) is 5.02 Å². The fraction of sp³-hybridized carbons (Fsp3) is 0.611. The number of halogens is 1. The van der Waals surface area contributed by atoms with E-state index < -0.39 is 10.0 Å². The molecule has 1 aromatic rings. The molecule has 1 amide bonds. The van der Waals surface area contributed by atoms with Gasteiger partial charge in [0.05, 0.1) is 12.8 Å². The number of amides is 1. The van der Waals surface area contributed by atoms with Crippen molar-refractivity contribution < 1.29 is 13.2 Å². The van der Waals surface area contributed by atoms with Crippen LogP contribution in [-0.4, -0.2) is 73.5 Å². The second-order valence-corrected chi connectivity index (χ2v) is 9.53. The molecule has 26 heavy (non-hydrogen) atoms. The number of rotatable bonds is 6. The zero-order chi connectivity index (χ0) is 18.9. The Balaban J connectivity index is 1.64. The number of sulfonamides is 1. The molecule has 1 saturated heterocycles. The van der Waals surface area contributed by atoms with Crippen LogP contribution in [0.1, 0.15) is 31.4 Å². The van der Waals surface area contributed by atoms with E-state index in [4.69, 9.17) is 11.6 Å².